The highest BCUT2D eigenvalue weighted by molar-refractivity contribution is 7.88. The minimum absolute atomic E-state index is 0.0257. The fourth-order valence-corrected chi connectivity index (χ4v) is 5.52. The molecule has 4 rings (SSSR count). The molecule has 0 amide bonds. The summed E-state index contributed by atoms with van der Waals surface area (Å²) < 4.78 is 69.1. The lowest BCUT2D eigenvalue weighted by atomic mass is 9.84. The Hall–Kier alpha value is -4.92. The number of fused-ring (bicyclic) bond motifs is 2. The van der Waals surface area contributed by atoms with Gasteiger partial charge < -0.3 is 45.0 Å². The van der Waals surface area contributed by atoms with Gasteiger partial charge in [-0.05, 0) is 62.4 Å². The largest absolute Gasteiger partial charge is 0.534 e. The molecule has 0 spiro atoms. The Morgan fingerprint density at radius 1 is 0.750 bits per heavy atom. The predicted octanol–water partition coefficient (Wildman–Crippen LogP) is 6.27. The average molecular weight is 641 g/mol. The monoisotopic (exact) mass is 640 g/mol. The minimum atomic E-state index is -6.34. The predicted molar refractivity (Wildman–Crippen MR) is 154 cm³/mol. The number of aromatic hydroxyl groups is 8. The van der Waals surface area contributed by atoms with Crippen LogP contribution in [0.4, 0.5) is 13.2 Å². The zero-order valence-electron chi connectivity index (χ0n) is 23.7. The number of hydrogen-bond acceptors (Lipinski definition) is 11. The van der Waals surface area contributed by atoms with Gasteiger partial charge in [-0.3, -0.25) is 0 Å². The molecule has 4 aromatic rings. The number of halogens is 3. The van der Waals surface area contributed by atoms with Gasteiger partial charge in [0.05, 0.1) is 10.8 Å². The molecule has 0 aliphatic heterocycles. The van der Waals surface area contributed by atoms with Crippen LogP contribution >= 0.6 is 0 Å². The van der Waals surface area contributed by atoms with Crippen molar-refractivity contribution in [3.8, 4) is 62.9 Å². The van der Waals surface area contributed by atoms with Gasteiger partial charge >= 0.3 is 15.6 Å². The summed E-state index contributed by atoms with van der Waals surface area (Å²) in [7, 11) is -6.34. The van der Waals surface area contributed by atoms with E-state index in [1.165, 1.54) is 26.8 Å². The fourth-order valence-electron chi connectivity index (χ4n) is 4.99. The number of hydrogen-bond donors (Lipinski definition) is 8. The molecule has 0 saturated carbocycles. The third-order valence-electron chi connectivity index (χ3n) is 7.56. The number of aryl methyl sites for hydroxylation is 1. The fraction of sp³-hybridized carbons (Fsp3) is 0.241. The zero-order valence-corrected chi connectivity index (χ0v) is 24.5. The highest BCUT2D eigenvalue weighted by Crippen LogP contribution is 2.59. The number of phenols is 8. The molecule has 0 aliphatic carbocycles. The molecule has 0 heterocycles. The van der Waals surface area contributed by atoms with Crippen LogP contribution in [0.3, 0.4) is 0 Å². The highest BCUT2D eigenvalue weighted by Gasteiger charge is 2.49. The molecule has 15 heteroatoms. The summed E-state index contributed by atoms with van der Waals surface area (Å²) >= 11 is 0. The van der Waals surface area contributed by atoms with E-state index in [0.29, 0.717) is 12.0 Å². The van der Waals surface area contributed by atoms with Crippen molar-refractivity contribution in [3.05, 3.63) is 33.9 Å². The van der Waals surface area contributed by atoms with Crippen molar-refractivity contribution in [2.24, 2.45) is 0 Å². The molecule has 0 fully saturated rings. The van der Waals surface area contributed by atoms with Crippen LogP contribution in [0.15, 0.2) is 11.6 Å². The third-order valence-corrected chi connectivity index (χ3v) is 8.52. The van der Waals surface area contributed by atoms with Crippen molar-refractivity contribution in [1.29, 1.82) is 0 Å². The second-order valence-corrected chi connectivity index (χ2v) is 11.8. The molecule has 0 unspecified atom stereocenters. The molecule has 0 aliphatic rings. The summed E-state index contributed by atoms with van der Waals surface area (Å²) in [6.07, 6.45) is 1.98. The lowest BCUT2D eigenvalue weighted by molar-refractivity contribution is -0.0499. The van der Waals surface area contributed by atoms with Gasteiger partial charge in [0.15, 0.2) is 28.7 Å². The van der Waals surface area contributed by atoms with Crippen molar-refractivity contribution in [2.45, 2.75) is 46.5 Å². The third kappa shape index (κ3) is 4.54. The van der Waals surface area contributed by atoms with Gasteiger partial charge in [-0.25, -0.2) is 0 Å². The van der Waals surface area contributed by atoms with Crippen molar-refractivity contribution in [1.82, 2.24) is 0 Å². The van der Waals surface area contributed by atoms with Crippen molar-refractivity contribution in [3.63, 3.8) is 0 Å². The van der Waals surface area contributed by atoms with E-state index in [9.17, 15) is 62.4 Å². The Bertz CT molecular complexity index is 2050. The second kappa shape index (κ2) is 10.4. The minimum Gasteiger partial charge on any atom is -0.506 e. The van der Waals surface area contributed by atoms with Crippen LogP contribution in [-0.2, 0) is 10.1 Å². The molecule has 8 N–H and O–H groups in total. The summed E-state index contributed by atoms with van der Waals surface area (Å²) in [4.78, 5) is 0. The first kappa shape index (κ1) is 32.0. The van der Waals surface area contributed by atoms with E-state index in [4.69, 9.17) is 0 Å². The summed E-state index contributed by atoms with van der Waals surface area (Å²) in [6, 6.07) is 1.12. The van der Waals surface area contributed by atoms with E-state index in [2.05, 4.69) is 4.18 Å². The standard InChI is InChI=1S/C29H27F3O11S/c1-6-9(2)7-13-11(4)12(5)28(43-44(41,42)29(30,31)32)19-16(13)18(23(36)26(39)24(19)37)15-10(3)8-14-17(21(15)34)22(35)27(40)25(38)20(14)33/h7-8,33-40H,6H2,1-5H3. The summed E-state index contributed by atoms with van der Waals surface area (Å²) in [5.41, 5.74) is -6.16. The van der Waals surface area contributed by atoms with Gasteiger partial charge in [0.25, 0.3) is 0 Å². The maximum absolute atomic E-state index is 13.4. The number of phenolic OH excluding ortho intramolecular Hbond substituents is 8. The number of rotatable bonds is 5. The van der Waals surface area contributed by atoms with Crippen LogP contribution in [0.25, 0.3) is 38.7 Å². The first-order valence-corrected chi connectivity index (χ1v) is 14.1. The summed E-state index contributed by atoms with van der Waals surface area (Å²) in [6.45, 7) is 7.41. The number of allylic oxidation sites excluding steroid dienone is 1. The first-order chi connectivity index (χ1) is 20.2. The van der Waals surface area contributed by atoms with Gasteiger partial charge in [-0.2, -0.15) is 21.6 Å². The van der Waals surface area contributed by atoms with Crippen molar-refractivity contribution in [2.75, 3.05) is 0 Å². The Morgan fingerprint density at radius 3 is 1.82 bits per heavy atom. The Kier molecular flexibility index (Phi) is 7.54. The van der Waals surface area contributed by atoms with Crippen LogP contribution in [-0.4, -0.2) is 54.8 Å². The first-order valence-electron chi connectivity index (χ1n) is 12.7. The molecule has 0 saturated heterocycles. The van der Waals surface area contributed by atoms with Crippen LogP contribution in [0.5, 0.6) is 51.7 Å². The van der Waals surface area contributed by atoms with E-state index in [-0.39, 0.29) is 33.0 Å². The number of alkyl halides is 3. The molecule has 0 radical (unpaired) electrons. The van der Waals surface area contributed by atoms with E-state index in [1.54, 1.807) is 13.8 Å². The molecule has 0 atom stereocenters. The highest BCUT2D eigenvalue weighted by atomic mass is 32.2. The molecule has 44 heavy (non-hydrogen) atoms. The quantitative estimate of drug-likeness (QED) is 0.0528. The van der Waals surface area contributed by atoms with Crippen LogP contribution in [0.2, 0.25) is 0 Å². The van der Waals surface area contributed by atoms with E-state index in [0.717, 1.165) is 6.07 Å². The topological polar surface area (TPSA) is 205 Å². The van der Waals surface area contributed by atoms with Crippen molar-refractivity contribution >= 4 is 37.7 Å². The summed E-state index contributed by atoms with van der Waals surface area (Å²) in [5, 5.41) is 83.4. The number of benzene rings is 4. The maximum atomic E-state index is 13.4. The molecule has 0 aromatic heterocycles. The van der Waals surface area contributed by atoms with Crippen LogP contribution < -0.4 is 4.18 Å². The smallest absolute Gasteiger partial charge is 0.506 e. The Morgan fingerprint density at radius 2 is 1.27 bits per heavy atom. The molecular formula is C29H27F3O11S. The molecule has 4 aromatic carbocycles. The van der Waals surface area contributed by atoms with E-state index < -0.39 is 89.3 Å². The molecule has 0 bridgehead atoms. The van der Waals surface area contributed by atoms with Gasteiger partial charge in [-0.15, -0.1) is 0 Å². The Balaban J connectivity index is 2.39. The van der Waals surface area contributed by atoms with Gasteiger partial charge in [0.1, 0.15) is 5.75 Å². The molecular weight excluding hydrogens is 613 g/mol. The maximum Gasteiger partial charge on any atom is 0.534 e. The van der Waals surface area contributed by atoms with Crippen LogP contribution in [0, 0.1) is 20.8 Å². The van der Waals surface area contributed by atoms with Gasteiger partial charge in [0.2, 0.25) is 17.2 Å². The zero-order chi connectivity index (χ0) is 33.4. The van der Waals surface area contributed by atoms with Crippen molar-refractivity contribution < 1.29 is 66.6 Å². The molecule has 11 nitrogen and oxygen atoms in total. The van der Waals surface area contributed by atoms with Gasteiger partial charge in [-0.1, -0.05) is 18.6 Å². The van der Waals surface area contributed by atoms with E-state index in [1.807, 2.05) is 0 Å². The Labute approximate surface area is 247 Å². The lowest BCUT2D eigenvalue weighted by Gasteiger charge is -2.24. The lowest BCUT2D eigenvalue weighted by Crippen LogP contribution is -2.28. The second-order valence-electron chi connectivity index (χ2n) is 10.2. The van der Waals surface area contributed by atoms with Gasteiger partial charge in [0, 0.05) is 21.9 Å². The van der Waals surface area contributed by atoms with Crippen LogP contribution in [0.1, 0.15) is 42.5 Å². The summed E-state index contributed by atoms with van der Waals surface area (Å²) in [5.74, 6) is -10.0. The average Bonchev–Trinajstić information content (AvgIpc) is 2.94. The normalized spacial score (nSPS) is 12.8. The molecule has 236 valence electrons. The SMILES string of the molecule is CCC(C)=Cc1c(C)c(C)c(OS(=O)(=O)C(F)(F)F)c2c(O)c(O)c(O)c(-c3c(C)cc4c(O)c(O)c(O)c(O)c4c3O)c12. The van der Waals surface area contributed by atoms with E-state index >= 15 is 0 Å².